The Morgan fingerprint density at radius 2 is 2.58 bits per heavy atom. The highest BCUT2D eigenvalue weighted by Gasteiger charge is 2.23. The summed E-state index contributed by atoms with van der Waals surface area (Å²) in [6.45, 7) is 1.41. The molecule has 1 heterocycles. The van der Waals surface area contributed by atoms with Crippen LogP contribution in [0.5, 0.6) is 0 Å². The van der Waals surface area contributed by atoms with E-state index in [4.69, 9.17) is 5.53 Å². The minimum absolute atomic E-state index is 0.206. The normalized spacial score (nSPS) is 22.0. The number of amides is 1. The second-order valence-electron chi connectivity index (χ2n) is 2.79. The van der Waals surface area contributed by atoms with Gasteiger partial charge in [-0.1, -0.05) is 0 Å². The van der Waals surface area contributed by atoms with Gasteiger partial charge in [-0.05, 0) is 6.42 Å². The van der Waals surface area contributed by atoms with E-state index in [1.165, 1.54) is 4.90 Å². The van der Waals surface area contributed by atoms with Crippen LogP contribution in [0.3, 0.4) is 0 Å². The monoisotopic (exact) mass is 170 g/mol. The number of nitrogens with zero attached hydrogens (tertiary/aromatic N) is 3. The smallest absolute Gasteiger partial charge is 0.214 e. The van der Waals surface area contributed by atoms with E-state index in [1.807, 2.05) is 0 Å². The Hall–Kier alpha value is -1.42. The van der Waals surface area contributed by atoms with Crippen LogP contribution < -0.4 is 10.0 Å². The first kappa shape index (κ1) is 8.67. The van der Waals surface area contributed by atoms with E-state index in [9.17, 15) is 9.90 Å². The number of rotatable bonds is 2. The molecule has 0 aromatic carbocycles. The molecule has 0 aliphatic carbocycles. The van der Waals surface area contributed by atoms with Gasteiger partial charge in [0, 0.05) is 19.0 Å². The van der Waals surface area contributed by atoms with Crippen LogP contribution in [-0.4, -0.2) is 30.6 Å². The van der Waals surface area contributed by atoms with E-state index in [1.54, 1.807) is 0 Å². The van der Waals surface area contributed by atoms with Crippen LogP contribution >= 0.6 is 0 Å². The van der Waals surface area contributed by atoms with Gasteiger partial charge < -0.3 is 14.8 Å². The van der Waals surface area contributed by atoms with E-state index >= 15 is 0 Å². The van der Waals surface area contributed by atoms with Gasteiger partial charge in [0.05, 0.1) is 0 Å². The fourth-order valence-electron chi connectivity index (χ4n) is 1.30. The predicted octanol–water partition coefficient (Wildman–Crippen LogP) is -0.798. The summed E-state index contributed by atoms with van der Waals surface area (Å²) in [7, 11) is 0. The van der Waals surface area contributed by atoms with Crippen molar-refractivity contribution in [2.24, 2.45) is 11.0 Å². The number of carboxylic acid groups (broad SMARTS) is 1. The Morgan fingerprint density at radius 1 is 1.83 bits per heavy atom. The van der Waals surface area contributed by atoms with Gasteiger partial charge in [-0.2, -0.15) is 0 Å². The molecule has 0 saturated carbocycles. The first-order valence-electron chi connectivity index (χ1n) is 3.73. The molecule has 1 N–H and O–H groups in total. The molecule has 0 unspecified atom stereocenters. The number of nitrogens with one attached hydrogen (secondary N) is 1. The van der Waals surface area contributed by atoms with Crippen molar-refractivity contribution in [1.29, 1.82) is 5.53 Å². The van der Waals surface area contributed by atoms with Crippen LogP contribution in [0, 0.1) is 11.4 Å². The summed E-state index contributed by atoms with van der Waals surface area (Å²) < 4.78 is 0. The minimum atomic E-state index is -1.12. The first-order chi connectivity index (χ1) is 5.74. The molecule has 12 heavy (non-hydrogen) atoms. The lowest BCUT2D eigenvalue weighted by Crippen LogP contribution is -2.39. The summed E-state index contributed by atoms with van der Waals surface area (Å²) in [5.41, 5.74) is 6.42. The maximum absolute atomic E-state index is 10.3. The topological polar surface area (TPSA) is 93.7 Å². The van der Waals surface area contributed by atoms with Gasteiger partial charge in [0.15, 0.2) is 0 Å². The van der Waals surface area contributed by atoms with Crippen LogP contribution in [0.2, 0.25) is 0 Å². The van der Waals surface area contributed by atoms with Crippen molar-refractivity contribution in [1.82, 2.24) is 9.81 Å². The highest BCUT2D eigenvalue weighted by Crippen LogP contribution is 2.15. The number of carbonyl (C=O) groups is 1. The summed E-state index contributed by atoms with van der Waals surface area (Å²) in [4.78, 5) is 14.5. The van der Waals surface area contributed by atoms with Crippen LogP contribution in [0.1, 0.15) is 6.42 Å². The third kappa shape index (κ3) is 2.03. The van der Waals surface area contributed by atoms with Gasteiger partial charge in [-0.25, -0.2) is 0 Å². The Morgan fingerprint density at radius 3 is 3.08 bits per heavy atom. The van der Waals surface area contributed by atoms with Crippen molar-refractivity contribution in [3.8, 4) is 0 Å². The van der Waals surface area contributed by atoms with Crippen LogP contribution in [-0.2, 0) is 0 Å². The SMILES string of the molecule is N=[N+]=NC[C@@H]1CCN(C(=O)[O-])C1. The molecule has 66 valence electrons. The van der Waals surface area contributed by atoms with Crippen molar-refractivity contribution < 1.29 is 9.90 Å². The highest BCUT2D eigenvalue weighted by molar-refractivity contribution is 5.62. The molecule has 1 saturated heterocycles. The largest absolute Gasteiger partial charge is 0.530 e. The molecule has 6 nitrogen and oxygen atoms in total. The lowest BCUT2D eigenvalue weighted by atomic mass is 10.1. The van der Waals surface area contributed by atoms with E-state index in [0.717, 1.165) is 6.42 Å². The third-order valence-corrected chi connectivity index (χ3v) is 1.95. The molecule has 1 aliphatic heterocycles. The molecule has 1 atom stereocenters. The van der Waals surface area contributed by atoms with Crippen molar-refractivity contribution in [2.45, 2.75) is 6.42 Å². The zero-order valence-electron chi connectivity index (χ0n) is 6.56. The molecular weight excluding hydrogens is 160 g/mol. The Labute approximate surface area is 69.4 Å². The molecule has 0 bridgehead atoms. The quantitative estimate of drug-likeness (QED) is 0.434. The molecule has 0 aromatic heterocycles. The maximum Gasteiger partial charge on any atom is 0.214 e. The maximum atomic E-state index is 10.3. The summed E-state index contributed by atoms with van der Waals surface area (Å²) in [5.74, 6) is 0.206. The van der Waals surface area contributed by atoms with Crippen molar-refractivity contribution in [3.05, 3.63) is 0 Å². The molecule has 0 spiro atoms. The number of hydrogen-bond acceptors (Lipinski definition) is 4. The van der Waals surface area contributed by atoms with E-state index < -0.39 is 6.09 Å². The number of hydrogen-bond donors (Lipinski definition) is 1. The average Bonchev–Trinajstić information content (AvgIpc) is 2.48. The molecule has 1 aliphatic rings. The summed E-state index contributed by atoms with van der Waals surface area (Å²) >= 11 is 0. The fraction of sp³-hybridized carbons (Fsp3) is 0.833. The first-order valence-corrected chi connectivity index (χ1v) is 3.73. The van der Waals surface area contributed by atoms with Crippen molar-refractivity contribution in [2.75, 3.05) is 19.6 Å². The Kier molecular flexibility index (Phi) is 2.76. The molecule has 1 rings (SSSR count). The van der Waals surface area contributed by atoms with Gasteiger partial charge in [-0.3, -0.25) is 0 Å². The van der Waals surface area contributed by atoms with E-state index in [0.29, 0.717) is 19.6 Å². The molecular formula is C6H10N4O2. The highest BCUT2D eigenvalue weighted by atomic mass is 16.4. The van der Waals surface area contributed by atoms with Gasteiger partial charge in [0.1, 0.15) is 23.3 Å². The predicted molar refractivity (Wildman–Crippen MR) is 37.2 cm³/mol. The van der Waals surface area contributed by atoms with Crippen LogP contribution in [0.15, 0.2) is 5.11 Å². The van der Waals surface area contributed by atoms with Gasteiger partial charge in [0.2, 0.25) is 4.91 Å². The number of likely N-dealkylation sites (tertiary alicyclic amines) is 1. The second-order valence-corrected chi connectivity index (χ2v) is 2.79. The zero-order valence-corrected chi connectivity index (χ0v) is 6.56. The standard InChI is InChI=1S/C6H10N4O2/c7-9-8-3-5-1-2-10(4-5)6(11)12/h5,7H,1-4H2/t5-/m0/s1. The van der Waals surface area contributed by atoms with Crippen LogP contribution in [0.4, 0.5) is 4.79 Å². The lowest BCUT2D eigenvalue weighted by molar-refractivity contribution is -0.264. The number of carbonyl (C=O) groups excluding carboxylic acids is 1. The van der Waals surface area contributed by atoms with Crippen molar-refractivity contribution >= 4 is 6.09 Å². The fourth-order valence-corrected chi connectivity index (χ4v) is 1.30. The summed E-state index contributed by atoms with van der Waals surface area (Å²) in [5, 5.41) is 13.8. The van der Waals surface area contributed by atoms with Crippen molar-refractivity contribution in [3.63, 3.8) is 0 Å². The van der Waals surface area contributed by atoms with Gasteiger partial charge >= 0.3 is 0 Å². The zero-order chi connectivity index (χ0) is 8.97. The molecule has 0 aromatic rings. The third-order valence-electron chi connectivity index (χ3n) is 1.95. The average molecular weight is 170 g/mol. The molecule has 1 fully saturated rings. The summed E-state index contributed by atoms with van der Waals surface area (Å²) in [6.07, 6.45) is -0.340. The Bertz CT molecular complexity index is 224. The Balaban J connectivity index is 2.35. The lowest BCUT2D eigenvalue weighted by Gasteiger charge is -2.17. The molecule has 1 amide bonds. The molecule has 6 heteroatoms. The van der Waals surface area contributed by atoms with Crippen LogP contribution in [0.25, 0.3) is 0 Å². The second kappa shape index (κ2) is 3.82. The van der Waals surface area contributed by atoms with Gasteiger partial charge in [0.25, 0.3) is 0 Å². The van der Waals surface area contributed by atoms with E-state index in [-0.39, 0.29) is 5.92 Å². The molecule has 0 radical (unpaired) electrons. The van der Waals surface area contributed by atoms with Gasteiger partial charge in [-0.15, -0.1) is 0 Å². The minimum Gasteiger partial charge on any atom is -0.530 e. The summed E-state index contributed by atoms with van der Waals surface area (Å²) in [6, 6.07) is 0. The van der Waals surface area contributed by atoms with E-state index in [2.05, 4.69) is 10.0 Å².